The molecular weight excluding hydrogens is 421 g/mol. The molecule has 1 aliphatic rings. The van der Waals surface area contributed by atoms with Gasteiger partial charge >= 0.3 is 13.2 Å². The van der Waals surface area contributed by atoms with E-state index in [9.17, 15) is 24.9 Å². The Morgan fingerprint density at radius 3 is 2.61 bits per heavy atom. The Balaban J connectivity index is 1.94. The normalized spacial score (nSPS) is 17.6. The van der Waals surface area contributed by atoms with Crippen molar-refractivity contribution in [3.63, 3.8) is 0 Å². The molecule has 9 heteroatoms. The van der Waals surface area contributed by atoms with E-state index in [4.69, 9.17) is 4.74 Å². The molecule has 178 valence electrons. The highest BCUT2D eigenvalue weighted by Crippen LogP contribution is 2.23. The zero-order chi connectivity index (χ0) is 24.4. The minimum Gasteiger partial charge on any atom is -0.447 e. The second-order valence-electron chi connectivity index (χ2n) is 9.47. The standard InChI is InChI=1S/C24H34BN3O5/c1-24(2,3)15-19(16-26)22(29)28-14-8-7-11-20(28)17-33-23(30)27-21(25(31)32)13-12-18-9-5-4-6-10-18/h4-6,9-10,15,20-21,31-32H,7-8,11-14,17H2,1-3H3,(H,27,30)/t20-,21?/m1/s1. The van der Waals surface area contributed by atoms with Gasteiger partial charge in [-0.15, -0.1) is 0 Å². The zero-order valence-corrected chi connectivity index (χ0v) is 19.7. The Kier molecular flexibility index (Phi) is 9.95. The van der Waals surface area contributed by atoms with E-state index in [1.807, 2.05) is 57.2 Å². The number of benzene rings is 1. The highest BCUT2D eigenvalue weighted by molar-refractivity contribution is 6.43. The Morgan fingerprint density at radius 1 is 1.30 bits per heavy atom. The van der Waals surface area contributed by atoms with Crippen LogP contribution in [0.5, 0.6) is 0 Å². The molecule has 1 aromatic rings. The summed E-state index contributed by atoms with van der Waals surface area (Å²) in [5, 5.41) is 31.3. The van der Waals surface area contributed by atoms with Crippen LogP contribution >= 0.6 is 0 Å². The first-order chi connectivity index (χ1) is 15.6. The average Bonchev–Trinajstić information content (AvgIpc) is 2.78. The number of amides is 2. The fraction of sp³-hybridized carbons (Fsp3) is 0.542. The van der Waals surface area contributed by atoms with Crippen molar-refractivity contribution < 1.29 is 24.4 Å². The number of alkyl carbamates (subject to hydrolysis) is 1. The first-order valence-corrected chi connectivity index (χ1v) is 11.4. The van der Waals surface area contributed by atoms with Crippen molar-refractivity contribution in [1.29, 1.82) is 5.26 Å². The maximum Gasteiger partial charge on any atom is 0.475 e. The summed E-state index contributed by atoms with van der Waals surface area (Å²) >= 11 is 0. The summed E-state index contributed by atoms with van der Waals surface area (Å²) in [6.07, 6.45) is 4.14. The molecule has 2 amide bonds. The minimum absolute atomic E-state index is 0.0290. The van der Waals surface area contributed by atoms with Crippen LogP contribution in [0.2, 0.25) is 0 Å². The smallest absolute Gasteiger partial charge is 0.447 e. The van der Waals surface area contributed by atoms with Crippen LogP contribution < -0.4 is 5.32 Å². The molecule has 0 spiro atoms. The summed E-state index contributed by atoms with van der Waals surface area (Å²) < 4.78 is 5.34. The van der Waals surface area contributed by atoms with E-state index in [0.717, 1.165) is 18.4 Å². The van der Waals surface area contributed by atoms with Gasteiger partial charge in [0.1, 0.15) is 18.2 Å². The summed E-state index contributed by atoms with van der Waals surface area (Å²) in [5.74, 6) is -1.24. The molecule has 0 radical (unpaired) electrons. The quantitative estimate of drug-likeness (QED) is 0.315. The number of hydrogen-bond acceptors (Lipinski definition) is 6. The second kappa shape index (κ2) is 12.4. The van der Waals surface area contributed by atoms with Crippen molar-refractivity contribution in [1.82, 2.24) is 10.2 Å². The molecule has 1 aromatic carbocycles. The third-order valence-corrected chi connectivity index (χ3v) is 5.47. The highest BCUT2D eigenvalue weighted by Gasteiger charge is 2.31. The van der Waals surface area contributed by atoms with Crippen LogP contribution in [0.15, 0.2) is 42.0 Å². The maximum atomic E-state index is 13.0. The summed E-state index contributed by atoms with van der Waals surface area (Å²) in [7, 11) is -1.73. The molecule has 0 aliphatic carbocycles. The van der Waals surface area contributed by atoms with Gasteiger partial charge in [0.15, 0.2) is 0 Å². The number of nitrogens with zero attached hydrogens (tertiary/aromatic N) is 2. The van der Waals surface area contributed by atoms with E-state index in [2.05, 4.69) is 5.32 Å². The highest BCUT2D eigenvalue weighted by atomic mass is 16.5. The molecule has 2 atom stereocenters. The molecular formula is C24H34BN3O5. The molecule has 3 N–H and O–H groups in total. The number of piperidine rings is 1. The Bertz CT molecular complexity index is 861. The van der Waals surface area contributed by atoms with Crippen LogP contribution in [0.25, 0.3) is 0 Å². The summed E-state index contributed by atoms with van der Waals surface area (Å²) in [6, 6.07) is 11.2. The topological polar surface area (TPSA) is 123 Å². The molecule has 1 fully saturated rings. The molecule has 8 nitrogen and oxygen atoms in total. The number of allylic oxidation sites excluding steroid dienone is 1. The zero-order valence-electron chi connectivity index (χ0n) is 19.7. The third kappa shape index (κ3) is 8.91. The van der Waals surface area contributed by atoms with Crippen molar-refractivity contribution in [3.8, 4) is 6.07 Å². The molecule has 33 heavy (non-hydrogen) atoms. The van der Waals surface area contributed by atoms with Gasteiger partial charge in [0.2, 0.25) is 0 Å². The van der Waals surface area contributed by atoms with Crippen molar-refractivity contribution >= 4 is 19.1 Å². The van der Waals surface area contributed by atoms with Gasteiger partial charge in [0.25, 0.3) is 5.91 Å². The predicted molar refractivity (Wildman–Crippen MR) is 126 cm³/mol. The van der Waals surface area contributed by atoms with Gasteiger partial charge in [0.05, 0.1) is 12.0 Å². The Morgan fingerprint density at radius 2 is 2.00 bits per heavy atom. The molecule has 0 aromatic heterocycles. The molecule has 1 saturated heterocycles. The Hall–Kier alpha value is -2.83. The third-order valence-electron chi connectivity index (χ3n) is 5.47. The van der Waals surface area contributed by atoms with Gasteiger partial charge in [-0.1, -0.05) is 57.2 Å². The number of hydrogen-bond donors (Lipinski definition) is 3. The maximum absolute atomic E-state index is 13.0. The summed E-state index contributed by atoms with van der Waals surface area (Å²) in [5.41, 5.74) is 0.789. The van der Waals surface area contributed by atoms with Gasteiger partial charge in [0, 0.05) is 6.54 Å². The lowest BCUT2D eigenvalue weighted by molar-refractivity contribution is -0.131. The first kappa shape index (κ1) is 26.4. The SMILES string of the molecule is CC(C)(C)C=C(C#N)C(=O)N1CCCC[C@@H]1COC(=O)NC(CCc1ccccc1)B(O)O. The molecule has 1 aliphatic heterocycles. The number of likely N-dealkylation sites (tertiary alicyclic amines) is 1. The second-order valence-corrected chi connectivity index (χ2v) is 9.47. The van der Waals surface area contributed by atoms with E-state index in [1.165, 1.54) is 0 Å². The van der Waals surface area contributed by atoms with Gasteiger partial charge < -0.3 is 25.0 Å². The van der Waals surface area contributed by atoms with E-state index in [0.29, 0.717) is 25.8 Å². The molecule has 2 rings (SSSR count). The van der Waals surface area contributed by atoms with Crippen LogP contribution in [0.4, 0.5) is 4.79 Å². The fourth-order valence-electron chi connectivity index (χ4n) is 3.80. The summed E-state index contributed by atoms with van der Waals surface area (Å²) in [6.45, 7) is 6.22. The largest absolute Gasteiger partial charge is 0.475 e. The monoisotopic (exact) mass is 455 g/mol. The molecule has 0 saturated carbocycles. The van der Waals surface area contributed by atoms with Crippen molar-refractivity contribution in [3.05, 3.63) is 47.5 Å². The number of carbonyl (C=O) groups is 2. The lowest BCUT2D eigenvalue weighted by atomic mass is 9.76. The number of nitrogens with one attached hydrogen (secondary N) is 1. The van der Waals surface area contributed by atoms with Gasteiger partial charge in [-0.3, -0.25) is 4.79 Å². The number of carbonyl (C=O) groups excluding carboxylic acids is 2. The van der Waals surface area contributed by atoms with Crippen LogP contribution in [0, 0.1) is 16.7 Å². The van der Waals surface area contributed by atoms with Gasteiger partial charge in [-0.2, -0.15) is 5.26 Å². The molecule has 1 heterocycles. The lowest BCUT2D eigenvalue weighted by Gasteiger charge is -2.35. The molecule has 1 unspecified atom stereocenters. The number of rotatable bonds is 8. The molecule has 0 bridgehead atoms. The van der Waals surface area contributed by atoms with E-state index < -0.39 is 19.2 Å². The average molecular weight is 455 g/mol. The first-order valence-electron chi connectivity index (χ1n) is 11.4. The van der Waals surface area contributed by atoms with Crippen molar-refractivity contribution in [2.75, 3.05) is 13.2 Å². The van der Waals surface area contributed by atoms with Crippen LogP contribution in [-0.2, 0) is 16.0 Å². The van der Waals surface area contributed by atoms with Crippen LogP contribution in [0.3, 0.4) is 0 Å². The van der Waals surface area contributed by atoms with E-state index in [-0.39, 0.29) is 29.5 Å². The van der Waals surface area contributed by atoms with E-state index >= 15 is 0 Å². The Labute approximate surface area is 196 Å². The predicted octanol–water partition coefficient (Wildman–Crippen LogP) is 2.60. The fourth-order valence-corrected chi connectivity index (χ4v) is 3.80. The van der Waals surface area contributed by atoms with Crippen molar-refractivity contribution in [2.24, 2.45) is 5.41 Å². The number of aryl methyl sites for hydroxylation is 1. The van der Waals surface area contributed by atoms with Gasteiger partial charge in [-0.25, -0.2) is 4.79 Å². The number of ether oxygens (including phenoxy) is 1. The van der Waals surface area contributed by atoms with Gasteiger partial charge in [-0.05, 0) is 43.1 Å². The minimum atomic E-state index is -1.73. The summed E-state index contributed by atoms with van der Waals surface area (Å²) in [4.78, 5) is 26.9. The van der Waals surface area contributed by atoms with Crippen LogP contribution in [-0.4, -0.2) is 59.2 Å². The van der Waals surface area contributed by atoms with Crippen molar-refractivity contribution in [2.45, 2.75) is 64.9 Å². The van der Waals surface area contributed by atoms with E-state index in [1.54, 1.807) is 11.0 Å². The lowest BCUT2D eigenvalue weighted by Crippen LogP contribution is -2.50. The number of nitriles is 1. The van der Waals surface area contributed by atoms with Crippen LogP contribution in [0.1, 0.15) is 52.0 Å².